The first-order valence-electron chi connectivity index (χ1n) is 8.04. The van der Waals surface area contributed by atoms with E-state index in [1.807, 2.05) is 0 Å². The molecule has 0 fully saturated rings. The van der Waals surface area contributed by atoms with Crippen LogP contribution in [-0.2, 0) is 22.6 Å². The molecule has 0 unspecified atom stereocenters. The first-order valence-corrected chi connectivity index (χ1v) is 8.04. The Hall–Kier alpha value is -3.68. The second kappa shape index (κ2) is 7.28. The second-order valence-electron chi connectivity index (χ2n) is 5.86. The van der Waals surface area contributed by atoms with Gasteiger partial charge >= 0.3 is 17.6 Å². The number of esters is 1. The highest BCUT2D eigenvalue weighted by molar-refractivity contribution is 5.89. The van der Waals surface area contributed by atoms with Crippen LogP contribution in [0.4, 0.5) is 0 Å². The van der Waals surface area contributed by atoms with Crippen LogP contribution < -0.4 is 11.2 Å². The number of carboxylic acid groups (broad SMARTS) is 1. The van der Waals surface area contributed by atoms with Crippen molar-refractivity contribution in [2.45, 2.75) is 13.1 Å². The summed E-state index contributed by atoms with van der Waals surface area (Å²) in [4.78, 5) is 48.2. The van der Waals surface area contributed by atoms with E-state index in [9.17, 15) is 19.2 Å². The molecule has 0 aliphatic rings. The third-order valence-electron chi connectivity index (χ3n) is 4.14. The van der Waals surface area contributed by atoms with Crippen molar-refractivity contribution in [1.82, 2.24) is 9.13 Å². The molecular weight excluding hydrogens is 352 g/mol. The molecule has 8 nitrogen and oxygen atoms in total. The molecule has 0 aliphatic carbocycles. The molecule has 1 aromatic heterocycles. The first-order chi connectivity index (χ1) is 12.9. The lowest BCUT2D eigenvalue weighted by Crippen LogP contribution is -2.41. The number of nitrogens with zero attached hydrogens (tertiary/aromatic N) is 2. The van der Waals surface area contributed by atoms with Crippen LogP contribution in [0.2, 0.25) is 0 Å². The van der Waals surface area contributed by atoms with Gasteiger partial charge < -0.3 is 9.84 Å². The number of ether oxygens (including phenoxy) is 1. The normalized spacial score (nSPS) is 10.7. The summed E-state index contributed by atoms with van der Waals surface area (Å²) in [6.45, 7) is -0.607. The Morgan fingerprint density at radius 1 is 1.00 bits per heavy atom. The first kappa shape index (κ1) is 18.1. The molecule has 0 saturated heterocycles. The topological polar surface area (TPSA) is 108 Å². The highest BCUT2D eigenvalue weighted by Gasteiger charge is 2.15. The van der Waals surface area contributed by atoms with Crippen molar-refractivity contribution >= 4 is 22.8 Å². The fourth-order valence-corrected chi connectivity index (χ4v) is 2.85. The summed E-state index contributed by atoms with van der Waals surface area (Å²) in [5.41, 5.74) is 0.00835. The Morgan fingerprint density at radius 3 is 2.30 bits per heavy atom. The van der Waals surface area contributed by atoms with Gasteiger partial charge in [-0.3, -0.25) is 18.7 Å². The van der Waals surface area contributed by atoms with Crippen molar-refractivity contribution in [3.8, 4) is 0 Å². The molecule has 0 radical (unpaired) electrons. The minimum absolute atomic E-state index is 0.0520. The van der Waals surface area contributed by atoms with Crippen molar-refractivity contribution in [3.63, 3.8) is 0 Å². The standard InChI is InChI=1S/C19H16N2O6/c1-27-18(25)13-8-6-12(7-9-13)10-21-17(24)14-4-2-3-5-15(14)20(19(21)26)11-16(22)23/h2-9H,10-11H2,1H3,(H,22,23). The summed E-state index contributed by atoms with van der Waals surface area (Å²) in [5.74, 6) is -1.68. The lowest BCUT2D eigenvalue weighted by molar-refractivity contribution is -0.137. The van der Waals surface area contributed by atoms with Crippen molar-refractivity contribution < 1.29 is 19.4 Å². The molecule has 0 atom stereocenters. The lowest BCUT2D eigenvalue weighted by Gasteiger charge is -2.13. The van der Waals surface area contributed by atoms with Crippen molar-refractivity contribution in [1.29, 1.82) is 0 Å². The van der Waals surface area contributed by atoms with Crippen molar-refractivity contribution in [3.05, 3.63) is 80.5 Å². The van der Waals surface area contributed by atoms with Crippen LogP contribution >= 0.6 is 0 Å². The number of hydrogen-bond donors (Lipinski definition) is 1. The number of para-hydroxylation sites is 1. The van der Waals surface area contributed by atoms with E-state index in [0.717, 1.165) is 9.13 Å². The van der Waals surface area contributed by atoms with Gasteiger partial charge in [0.1, 0.15) is 6.54 Å². The molecule has 8 heteroatoms. The number of aromatic nitrogens is 2. The predicted octanol–water partition coefficient (Wildman–Crippen LogP) is 1.08. The van der Waals surface area contributed by atoms with E-state index in [1.165, 1.54) is 25.3 Å². The van der Waals surface area contributed by atoms with Crippen LogP contribution in [-0.4, -0.2) is 33.3 Å². The number of aliphatic carboxylic acids is 1. The number of methoxy groups -OCH3 is 1. The fraction of sp³-hybridized carbons (Fsp3) is 0.158. The van der Waals surface area contributed by atoms with Gasteiger partial charge in [0, 0.05) is 0 Å². The minimum Gasteiger partial charge on any atom is -0.480 e. The van der Waals surface area contributed by atoms with E-state index in [2.05, 4.69) is 4.74 Å². The second-order valence-corrected chi connectivity index (χ2v) is 5.86. The van der Waals surface area contributed by atoms with Gasteiger partial charge in [-0.2, -0.15) is 0 Å². The lowest BCUT2D eigenvalue weighted by atomic mass is 10.1. The third-order valence-corrected chi connectivity index (χ3v) is 4.14. The third kappa shape index (κ3) is 3.50. The van der Waals surface area contributed by atoms with E-state index in [0.29, 0.717) is 11.1 Å². The maximum atomic E-state index is 12.8. The Kier molecular flexibility index (Phi) is 4.89. The van der Waals surface area contributed by atoms with Gasteiger partial charge in [0.05, 0.1) is 30.1 Å². The molecule has 3 rings (SSSR count). The van der Waals surface area contributed by atoms with Gasteiger partial charge in [-0.15, -0.1) is 0 Å². The van der Waals surface area contributed by atoms with E-state index in [-0.39, 0.29) is 17.4 Å². The smallest absolute Gasteiger partial charge is 0.337 e. The molecular formula is C19H16N2O6. The Labute approximate surface area is 152 Å². The summed E-state index contributed by atoms with van der Waals surface area (Å²) in [7, 11) is 1.27. The molecule has 0 saturated carbocycles. The molecule has 27 heavy (non-hydrogen) atoms. The number of benzene rings is 2. The summed E-state index contributed by atoms with van der Waals surface area (Å²) < 4.78 is 6.67. The van der Waals surface area contributed by atoms with E-state index in [1.54, 1.807) is 30.3 Å². The summed E-state index contributed by atoms with van der Waals surface area (Å²) in [5, 5.41) is 9.37. The monoisotopic (exact) mass is 368 g/mol. The summed E-state index contributed by atoms with van der Waals surface area (Å²) in [6, 6.07) is 12.6. The van der Waals surface area contributed by atoms with Gasteiger partial charge in [-0.25, -0.2) is 9.59 Å². The fourth-order valence-electron chi connectivity index (χ4n) is 2.85. The highest BCUT2D eigenvalue weighted by atomic mass is 16.5. The largest absolute Gasteiger partial charge is 0.480 e. The average Bonchev–Trinajstić information content (AvgIpc) is 2.68. The quantitative estimate of drug-likeness (QED) is 0.676. The molecule has 0 aliphatic heterocycles. The summed E-state index contributed by atoms with van der Waals surface area (Å²) in [6.07, 6.45) is 0. The van der Waals surface area contributed by atoms with Crippen LogP contribution in [0.5, 0.6) is 0 Å². The number of fused-ring (bicyclic) bond motifs is 1. The molecule has 0 amide bonds. The van der Waals surface area contributed by atoms with Crippen LogP contribution in [0.15, 0.2) is 58.1 Å². The molecule has 0 bridgehead atoms. The van der Waals surface area contributed by atoms with E-state index in [4.69, 9.17) is 5.11 Å². The van der Waals surface area contributed by atoms with Crippen LogP contribution in [0.1, 0.15) is 15.9 Å². The number of rotatable bonds is 5. The average molecular weight is 368 g/mol. The van der Waals surface area contributed by atoms with Gasteiger partial charge in [0.15, 0.2) is 0 Å². The number of carboxylic acids is 1. The molecule has 0 spiro atoms. The number of carbonyl (C=O) groups excluding carboxylic acids is 1. The Balaban J connectivity index is 2.11. The Bertz CT molecular complexity index is 1140. The molecule has 2 aromatic carbocycles. The van der Waals surface area contributed by atoms with Gasteiger partial charge in [0.25, 0.3) is 5.56 Å². The molecule has 3 aromatic rings. The van der Waals surface area contributed by atoms with Crippen LogP contribution in [0, 0.1) is 0 Å². The Morgan fingerprint density at radius 2 is 1.67 bits per heavy atom. The highest BCUT2D eigenvalue weighted by Crippen LogP contribution is 2.10. The van der Waals surface area contributed by atoms with E-state index < -0.39 is 29.7 Å². The predicted molar refractivity (Wildman–Crippen MR) is 97.0 cm³/mol. The molecule has 1 heterocycles. The maximum absolute atomic E-state index is 12.8. The maximum Gasteiger partial charge on any atom is 0.337 e. The zero-order valence-corrected chi connectivity index (χ0v) is 14.4. The minimum atomic E-state index is -1.19. The van der Waals surface area contributed by atoms with Gasteiger partial charge in [-0.1, -0.05) is 24.3 Å². The SMILES string of the molecule is COC(=O)c1ccc(Cn2c(=O)c3ccccc3n(CC(=O)O)c2=O)cc1. The van der Waals surface area contributed by atoms with Crippen LogP contribution in [0.25, 0.3) is 10.9 Å². The van der Waals surface area contributed by atoms with Crippen LogP contribution in [0.3, 0.4) is 0 Å². The van der Waals surface area contributed by atoms with Gasteiger partial charge in [-0.05, 0) is 29.8 Å². The van der Waals surface area contributed by atoms with Crippen molar-refractivity contribution in [2.75, 3.05) is 7.11 Å². The van der Waals surface area contributed by atoms with Crippen molar-refractivity contribution in [2.24, 2.45) is 0 Å². The number of hydrogen-bond acceptors (Lipinski definition) is 5. The molecule has 138 valence electrons. The van der Waals surface area contributed by atoms with Gasteiger partial charge in [0.2, 0.25) is 0 Å². The zero-order chi connectivity index (χ0) is 19.6. The number of carbonyl (C=O) groups is 2. The summed E-state index contributed by atoms with van der Waals surface area (Å²) >= 11 is 0. The molecule has 1 N–H and O–H groups in total. The zero-order valence-electron chi connectivity index (χ0n) is 14.4. The van der Waals surface area contributed by atoms with E-state index >= 15 is 0 Å².